The lowest BCUT2D eigenvalue weighted by Gasteiger charge is -2.43. The molecule has 0 bridgehead atoms. The molecule has 3 aromatic rings. The second-order valence-corrected chi connectivity index (χ2v) is 7.05. The van der Waals surface area contributed by atoms with Crippen LogP contribution in [0.15, 0.2) is 48.8 Å². The summed E-state index contributed by atoms with van der Waals surface area (Å²) in [6, 6.07) is 13.0. The molecule has 0 saturated heterocycles. The van der Waals surface area contributed by atoms with E-state index in [0.717, 1.165) is 5.69 Å². The van der Waals surface area contributed by atoms with E-state index < -0.39 is 6.17 Å². The Labute approximate surface area is 167 Å². The summed E-state index contributed by atoms with van der Waals surface area (Å²) >= 11 is 0. The summed E-state index contributed by atoms with van der Waals surface area (Å²) in [5.41, 5.74) is 2.15. The maximum Gasteiger partial charge on any atom is 0.231 e. The molecule has 1 N–H and O–H groups in total. The molecule has 0 aromatic carbocycles. The van der Waals surface area contributed by atoms with Crippen LogP contribution < -0.4 is 10.1 Å². The third-order valence-corrected chi connectivity index (χ3v) is 5.17. The number of rotatable bonds is 6. The van der Waals surface area contributed by atoms with E-state index >= 15 is 0 Å². The number of methoxy groups -OCH3 is 1. The Kier molecular flexibility index (Phi) is 5.04. The van der Waals surface area contributed by atoms with Gasteiger partial charge in [0.1, 0.15) is 23.6 Å². The molecule has 1 aliphatic carbocycles. The minimum atomic E-state index is -0.802. The zero-order chi connectivity index (χ0) is 20.3. The van der Waals surface area contributed by atoms with Gasteiger partial charge in [0.25, 0.3) is 0 Å². The van der Waals surface area contributed by atoms with Gasteiger partial charge in [-0.3, -0.25) is 4.98 Å². The Morgan fingerprint density at radius 1 is 1.24 bits per heavy atom. The van der Waals surface area contributed by atoms with Gasteiger partial charge in [-0.15, -0.1) is 10.2 Å². The van der Waals surface area contributed by atoms with Crippen molar-refractivity contribution < 1.29 is 9.13 Å². The number of anilines is 1. The van der Waals surface area contributed by atoms with Gasteiger partial charge in [-0.05, 0) is 43.2 Å². The summed E-state index contributed by atoms with van der Waals surface area (Å²) in [6.07, 6.45) is 3.40. The average molecular weight is 390 g/mol. The summed E-state index contributed by atoms with van der Waals surface area (Å²) < 4.78 is 18.7. The van der Waals surface area contributed by atoms with Gasteiger partial charge in [0, 0.05) is 35.6 Å². The van der Waals surface area contributed by atoms with Gasteiger partial charge < -0.3 is 10.1 Å². The molecule has 0 amide bonds. The van der Waals surface area contributed by atoms with Crippen LogP contribution in [-0.2, 0) is 5.41 Å². The Bertz CT molecular complexity index is 1030. The van der Waals surface area contributed by atoms with Crippen LogP contribution in [0.1, 0.15) is 24.1 Å². The summed E-state index contributed by atoms with van der Waals surface area (Å²) in [7, 11) is 1.47. The fraction of sp³-hybridized carbons (Fsp3) is 0.286. The van der Waals surface area contributed by atoms with Gasteiger partial charge in [0.2, 0.25) is 5.88 Å². The first-order valence-electron chi connectivity index (χ1n) is 9.21. The number of halogens is 1. The quantitative estimate of drug-likeness (QED) is 0.690. The predicted molar refractivity (Wildman–Crippen MR) is 105 cm³/mol. The highest BCUT2D eigenvalue weighted by atomic mass is 19.1. The van der Waals surface area contributed by atoms with E-state index in [-0.39, 0.29) is 11.3 Å². The lowest BCUT2D eigenvalue weighted by atomic mass is 9.65. The molecule has 0 aliphatic heterocycles. The van der Waals surface area contributed by atoms with E-state index in [1.54, 1.807) is 30.6 Å². The molecule has 1 aliphatic rings. The van der Waals surface area contributed by atoms with E-state index in [4.69, 9.17) is 4.74 Å². The SMILES string of the molecule is COc1ncc(-c2ccc(NCC3(c4ccccn4)CC(F)C3)nn2)cc1C#N. The fourth-order valence-corrected chi connectivity index (χ4v) is 3.58. The summed E-state index contributed by atoms with van der Waals surface area (Å²) in [5, 5.41) is 20.9. The number of hydrogen-bond donors (Lipinski definition) is 1. The molecule has 0 radical (unpaired) electrons. The summed E-state index contributed by atoms with van der Waals surface area (Å²) in [4.78, 5) is 8.54. The first kappa shape index (κ1) is 18.7. The lowest BCUT2D eigenvalue weighted by Crippen LogP contribution is -2.48. The standard InChI is InChI=1S/C21H19FN6O/c1-29-20-14(11-23)8-15(12-25-20)17-5-6-19(28-27-17)26-13-21(9-16(22)10-21)18-4-2-3-7-24-18/h2-8,12,16H,9-10,13H2,1H3,(H,26,28). The Morgan fingerprint density at radius 2 is 2.10 bits per heavy atom. The first-order valence-corrected chi connectivity index (χ1v) is 9.21. The Balaban J connectivity index is 1.48. The molecule has 3 heterocycles. The molecule has 1 fully saturated rings. The second kappa shape index (κ2) is 7.80. The topological polar surface area (TPSA) is 96.6 Å². The first-order chi connectivity index (χ1) is 14.1. The third kappa shape index (κ3) is 3.72. The van der Waals surface area contributed by atoms with E-state index in [0.29, 0.717) is 42.0 Å². The summed E-state index contributed by atoms with van der Waals surface area (Å²) in [6.45, 7) is 0.529. The number of nitrogens with zero attached hydrogens (tertiary/aromatic N) is 5. The molecule has 0 unspecified atom stereocenters. The predicted octanol–water partition coefficient (Wildman–Crippen LogP) is 3.30. The molecular formula is C21H19FN6O. The molecular weight excluding hydrogens is 371 g/mol. The maximum absolute atomic E-state index is 13.7. The zero-order valence-corrected chi connectivity index (χ0v) is 15.8. The normalized spacial score (nSPS) is 20.4. The van der Waals surface area contributed by atoms with Crippen LogP contribution in [0.2, 0.25) is 0 Å². The number of nitriles is 1. The van der Waals surface area contributed by atoms with Crippen LogP contribution in [0.3, 0.4) is 0 Å². The van der Waals surface area contributed by atoms with Gasteiger partial charge in [-0.1, -0.05) is 6.07 Å². The number of hydrogen-bond acceptors (Lipinski definition) is 7. The van der Waals surface area contributed by atoms with Crippen molar-refractivity contribution in [3.05, 3.63) is 60.0 Å². The molecule has 1 saturated carbocycles. The molecule has 3 aromatic heterocycles. The van der Waals surface area contributed by atoms with Crippen LogP contribution in [0.5, 0.6) is 5.88 Å². The third-order valence-electron chi connectivity index (χ3n) is 5.17. The molecule has 8 heteroatoms. The van der Waals surface area contributed by atoms with Crippen molar-refractivity contribution in [1.29, 1.82) is 5.26 Å². The molecule has 0 atom stereocenters. The summed E-state index contributed by atoms with van der Waals surface area (Å²) in [5.74, 6) is 0.863. The minimum absolute atomic E-state index is 0.272. The number of nitrogens with one attached hydrogen (secondary N) is 1. The fourth-order valence-electron chi connectivity index (χ4n) is 3.58. The van der Waals surface area contributed by atoms with Crippen LogP contribution in [0, 0.1) is 11.3 Å². The van der Waals surface area contributed by atoms with E-state index in [9.17, 15) is 9.65 Å². The van der Waals surface area contributed by atoms with Crippen molar-refractivity contribution in [2.24, 2.45) is 0 Å². The van der Waals surface area contributed by atoms with Crippen molar-refractivity contribution in [3.8, 4) is 23.2 Å². The van der Waals surface area contributed by atoms with Crippen molar-refractivity contribution >= 4 is 5.82 Å². The molecule has 146 valence electrons. The number of ether oxygens (including phenoxy) is 1. The monoisotopic (exact) mass is 390 g/mol. The second-order valence-electron chi connectivity index (χ2n) is 7.05. The van der Waals surface area contributed by atoms with E-state index in [1.807, 2.05) is 18.2 Å². The minimum Gasteiger partial charge on any atom is -0.480 e. The van der Waals surface area contributed by atoms with Crippen molar-refractivity contribution in [2.75, 3.05) is 19.0 Å². The van der Waals surface area contributed by atoms with Crippen LogP contribution >= 0.6 is 0 Å². The van der Waals surface area contributed by atoms with Crippen LogP contribution in [0.4, 0.5) is 10.2 Å². The smallest absolute Gasteiger partial charge is 0.231 e. The number of aromatic nitrogens is 4. The molecule has 7 nitrogen and oxygen atoms in total. The maximum atomic E-state index is 13.7. The highest BCUT2D eigenvalue weighted by molar-refractivity contribution is 5.62. The van der Waals surface area contributed by atoms with E-state index in [2.05, 4.69) is 31.6 Å². The largest absolute Gasteiger partial charge is 0.480 e. The highest BCUT2D eigenvalue weighted by Gasteiger charge is 2.46. The Morgan fingerprint density at radius 3 is 2.72 bits per heavy atom. The van der Waals surface area contributed by atoms with Gasteiger partial charge in [-0.2, -0.15) is 5.26 Å². The van der Waals surface area contributed by atoms with Crippen molar-refractivity contribution in [1.82, 2.24) is 20.2 Å². The molecule has 4 rings (SSSR count). The molecule has 29 heavy (non-hydrogen) atoms. The number of pyridine rings is 2. The number of alkyl halides is 1. The van der Waals surface area contributed by atoms with E-state index in [1.165, 1.54) is 7.11 Å². The van der Waals surface area contributed by atoms with Crippen LogP contribution in [-0.4, -0.2) is 40.0 Å². The lowest BCUT2D eigenvalue weighted by molar-refractivity contribution is 0.0996. The van der Waals surface area contributed by atoms with Gasteiger partial charge in [0.05, 0.1) is 12.8 Å². The van der Waals surface area contributed by atoms with Gasteiger partial charge >= 0.3 is 0 Å². The van der Waals surface area contributed by atoms with Crippen molar-refractivity contribution in [2.45, 2.75) is 24.4 Å². The van der Waals surface area contributed by atoms with Gasteiger partial charge in [0.15, 0.2) is 0 Å². The molecule has 0 spiro atoms. The Hall–Kier alpha value is -3.60. The van der Waals surface area contributed by atoms with Crippen LogP contribution in [0.25, 0.3) is 11.3 Å². The zero-order valence-electron chi connectivity index (χ0n) is 15.8. The van der Waals surface area contributed by atoms with Gasteiger partial charge in [-0.25, -0.2) is 9.37 Å². The highest BCUT2D eigenvalue weighted by Crippen LogP contribution is 2.44. The van der Waals surface area contributed by atoms with Crippen molar-refractivity contribution in [3.63, 3.8) is 0 Å². The average Bonchev–Trinajstić information content (AvgIpc) is 2.76.